The summed E-state index contributed by atoms with van der Waals surface area (Å²) in [6.45, 7) is 6.83. The highest BCUT2D eigenvalue weighted by Gasteiger charge is 2.27. The predicted molar refractivity (Wildman–Crippen MR) is 132 cm³/mol. The molecule has 0 bridgehead atoms. The molecule has 2 aromatic heterocycles. The van der Waals surface area contributed by atoms with Gasteiger partial charge in [0.15, 0.2) is 5.82 Å². The second-order valence-corrected chi connectivity index (χ2v) is 8.67. The van der Waals surface area contributed by atoms with E-state index in [-0.39, 0.29) is 12.0 Å². The molecule has 2 amide bonds. The van der Waals surface area contributed by atoms with Crippen LogP contribution in [0.2, 0.25) is 0 Å². The van der Waals surface area contributed by atoms with Crippen molar-refractivity contribution in [2.24, 2.45) is 5.73 Å². The molecule has 34 heavy (non-hydrogen) atoms. The number of rotatable bonds is 5. The molecule has 0 unspecified atom stereocenters. The number of nitrogens with zero attached hydrogens (tertiary/aromatic N) is 4. The number of likely N-dealkylation sites (tertiary alicyclic amines) is 1. The Morgan fingerprint density at radius 2 is 1.85 bits per heavy atom. The van der Waals surface area contributed by atoms with E-state index in [2.05, 4.69) is 47.2 Å². The van der Waals surface area contributed by atoms with Crippen LogP contribution < -0.4 is 5.73 Å². The number of piperidine rings is 1. The number of aryl methyl sites for hydroxylation is 2. The number of para-hydroxylation sites is 1. The summed E-state index contributed by atoms with van der Waals surface area (Å²) in [5, 5.41) is 1.18. The topological polar surface area (TPSA) is 95.4 Å². The number of amides is 2. The number of aromatic nitrogens is 3. The highest BCUT2D eigenvalue weighted by Crippen LogP contribution is 2.31. The minimum absolute atomic E-state index is 0.0880. The molecule has 4 aromatic rings. The summed E-state index contributed by atoms with van der Waals surface area (Å²) in [4.78, 5) is 31.1. The first-order valence-corrected chi connectivity index (χ1v) is 11.8. The minimum Gasteiger partial charge on any atom is -0.445 e. The fourth-order valence-electron chi connectivity index (χ4n) is 5.08. The number of nitrogens with two attached hydrogens (primary N) is 1. The number of imidazole rings is 1. The average molecular weight is 460 g/mol. The van der Waals surface area contributed by atoms with E-state index in [1.807, 2.05) is 24.3 Å². The lowest BCUT2D eigenvalue weighted by atomic mass is 10.1. The molecule has 1 fully saturated rings. The van der Waals surface area contributed by atoms with Gasteiger partial charge in [-0.25, -0.2) is 9.78 Å². The van der Waals surface area contributed by atoms with E-state index in [1.54, 1.807) is 4.90 Å². The number of benzene rings is 2. The van der Waals surface area contributed by atoms with E-state index in [9.17, 15) is 9.59 Å². The number of carbonyl (C=O) groups excluding carboxylic acids is 2. The lowest BCUT2D eigenvalue weighted by Crippen LogP contribution is -2.44. The molecule has 2 N–H and O–H groups in total. The number of ether oxygens (including phenoxy) is 1. The maximum Gasteiger partial charge on any atom is 0.404 e. The predicted octanol–water partition coefficient (Wildman–Crippen LogP) is 4.40. The van der Waals surface area contributed by atoms with E-state index >= 15 is 0 Å². The molecule has 0 spiro atoms. The highest BCUT2D eigenvalue weighted by atomic mass is 16.6. The van der Waals surface area contributed by atoms with Crippen molar-refractivity contribution in [3.63, 3.8) is 0 Å². The van der Waals surface area contributed by atoms with Crippen LogP contribution in [0, 0.1) is 0 Å². The van der Waals surface area contributed by atoms with Gasteiger partial charge in [-0.3, -0.25) is 4.79 Å². The normalized spacial score (nSPS) is 16.3. The minimum atomic E-state index is -0.803. The molecular formula is C26H29N5O3. The zero-order valence-corrected chi connectivity index (χ0v) is 19.5. The van der Waals surface area contributed by atoms with Crippen molar-refractivity contribution in [3.8, 4) is 11.5 Å². The van der Waals surface area contributed by atoms with Crippen molar-refractivity contribution < 1.29 is 14.3 Å². The molecule has 1 aliphatic rings. The standard InChI is InChI=1S/C26H29N5O3/c1-3-30-21-10-6-5-8-17(21)15-23(30)24-28-20-14-18(11-12-22(20)31(24)4-2)25(32)29-13-7-9-19(16-29)34-26(27)33/h5-6,8,10-12,14-15,19H,3-4,7,9,13,16H2,1-2H3,(H2,27,33)/t19-/m1/s1. The van der Waals surface area contributed by atoms with E-state index in [0.29, 0.717) is 25.1 Å². The van der Waals surface area contributed by atoms with Crippen molar-refractivity contribution in [1.29, 1.82) is 0 Å². The highest BCUT2D eigenvalue weighted by molar-refractivity contribution is 5.98. The van der Waals surface area contributed by atoms with Crippen LogP contribution in [0.4, 0.5) is 4.79 Å². The van der Waals surface area contributed by atoms with E-state index < -0.39 is 6.09 Å². The molecule has 0 aliphatic carbocycles. The van der Waals surface area contributed by atoms with Gasteiger partial charge in [-0.15, -0.1) is 0 Å². The van der Waals surface area contributed by atoms with Crippen LogP contribution in [-0.4, -0.2) is 50.2 Å². The van der Waals surface area contributed by atoms with Crippen LogP contribution in [0.3, 0.4) is 0 Å². The van der Waals surface area contributed by atoms with Gasteiger partial charge in [-0.1, -0.05) is 18.2 Å². The fraction of sp³-hybridized carbons (Fsp3) is 0.346. The third-order valence-corrected chi connectivity index (χ3v) is 6.62. The Morgan fingerprint density at radius 1 is 1.06 bits per heavy atom. The Balaban J connectivity index is 1.52. The molecular weight excluding hydrogens is 430 g/mol. The van der Waals surface area contributed by atoms with E-state index in [4.69, 9.17) is 15.5 Å². The number of carbonyl (C=O) groups is 2. The summed E-state index contributed by atoms with van der Waals surface area (Å²) in [5.41, 5.74) is 9.78. The molecule has 1 atom stereocenters. The summed E-state index contributed by atoms with van der Waals surface area (Å²) in [6.07, 6.45) is 0.312. The van der Waals surface area contributed by atoms with Gasteiger partial charge < -0.3 is 24.5 Å². The molecule has 1 saturated heterocycles. The maximum absolute atomic E-state index is 13.2. The van der Waals surface area contributed by atoms with Crippen LogP contribution in [-0.2, 0) is 17.8 Å². The summed E-state index contributed by atoms with van der Waals surface area (Å²) >= 11 is 0. The van der Waals surface area contributed by atoms with Crippen molar-refractivity contribution in [2.45, 2.75) is 45.9 Å². The number of primary amides is 1. The van der Waals surface area contributed by atoms with Crippen LogP contribution in [0.5, 0.6) is 0 Å². The molecule has 0 saturated carbocycles. The summed E-state index contributed by atoms with van der Waals surface area (Å²) < 4.78 is 9.61. The van der Waals surface area contributed by atoms with Gasteiger partial charge in [-0.2, -0.15) is 0 Å². The van der Waals surface area contributed by atoms with Gasteiger partial charge in [0.2, 0.25) is 0 Å². The fourth-order valence-corrected chi connectivity index (χ4v) is 5.08. The third-order valence-electron chi connectivity index (χ3n) is 6.62. The smallest absolute Gasteiger partial charge is 0.404 e. The van der Waals surface area contributed by atoms with Crippen LogP contribution in [0.25, 0.3) is 33.5 Å². The molecule has 8 nitrogen and oxygen atoms in total. The summed E-state index contributed by atoms with van der Waals surface area (Å²) in [7, 11) is 0. The Morgan fingerprint density at radius 3 is 2.62 bits per heavy atom. The van der Waals surface area contributed by atoms with Gasteiger partial charge in [0.1, 0.15) is 6.10 Å². The Labute approximate surface area is 197 Å². The van der Waals surface area contributed by atoms with E-state index in [0.717, 1.165) is 42.1 Å². The molecule has 5 rings (SSSR count). The van der Waals surface area contributed by atoms with Crippen LogP contribution in [0.1, 0.15) is 37.0 Å². The monoisotopic (exact) mass is 459 g/mol. The SMILES string of the molecule is CCn1c(-c2nc3cc(C(=O)N4CCC[C@@H](OC(N)=O)C4)ccc3n2CC)cc2ccccc21. The molecule has 8 heteroatoms. The van der Waals surface area contributed by atoms with Crippen molar-refractivity contribution in [1.82, 2.24) is 19.0 Å². The zero-order chi connectivity index (χ0) is 23.8. The lowest BCUT2D eigenvalue weighted by molar-refractivity contribution is 0.0373. The van der Waals surface area contributed by atoms with Gasteiger partial charge in [0.05, 0.1) is 23.3 Å². The zero-order valence-electron chi connectivity index (χ0n) is 19.5. The second kappa shape index (κ2) is 8.85. The Kier molecular flexibility index (Phi) is 5.73. The first kappa shape index (κ1) is 22.0. The Bertz CT molecular complexity index is 1390. The largest absolute Gasteiger partial charge is 0.445 e. The summed E-state index contributed by atoms with van der Waals surface area (Å²) in [5.74, 6) is 0.808. The molecule has 2 aromatic carbocycles. The molecule has 3 heterocycles. The van der Waals surface area contributed by atoms with Gasteiger partial charge in [0, 0.05) is 36.1 Å². The van der Waals surface area contributed by atoms with E-state index in [1.165, 1.54) is 10.9 Å². The Hall–Kier alpha value is -3.81. The number of hydrogen-bond donors (Lipinski definition) is 1. The van der Waals surface area contributed by atoms with Crippen molar-refractivity contribution in [2.75, 3.05) is 13.1 Å². The van der Waals surface area contributed by atoms with Gasteiger partial charge in [0.25, 0.3) is 5.91 Å². The number of hydrogen-bond acceptors (Lipinski definition) is 4. The molecule has 1 aliphatic heterocycles. The van der Waals surface area contributed by atoms with Crippen LogP contribution >= 0.6 is 0 Å². The molecule has 0 radical (unpaired) electrons. The maximum atomic E-state index is 13.2. The van der Waals surface area contributed by atoms with Crippen molar-refractivity contribution in [3.05, 3.63) is 54.1 Å². The average Bonchev–Trinajstić information content (AvgIpc) is 3.40. The number of fused-ring (bicyclic) bond motifs is 2. The van der Waals surface area contributed by atoms with Crippen molar-refractivity contribution >= 4 is 33.9 Å². The van der Waals surface area contributed by atoms with Gasteiger partial charge >= 0.3 is 6.09 Å². The van der Waals surface area contributed by atoms with Gasteiger partial charge in [-0.05, 0) is 57.0 Å². The molecule has 176 valence electrons. The summed E-state index contributed by atoms with van der Waals surface area (Å²) in [6, 6.07) is 16.2. The second-order valence-electron chi connectivity index (χ2n) is 8.67. The van der Waals surface area contributed by atoms with Crippen LogP contribution in [0.15, 0.2) is 48.5 Å². The quantitative estimate of drug-likeness (QED) is 0.479. The third kappa shape index (κ3) is 3.79. The lowest BCUT2D eigenvalue weighted by Gasteiger charge is -2.32. The first-order valence-electron chi connectivity index (χ1n) is 11.8. The first-order chi connectivity index (χ1) is 16.5.